The molecule has 0 aliphatic carbocycles. The zero-order valence-corrected chi connectivity index (χ0v) is 18.2. The van der Waals surface area contributed by atoms with Crippen molar-refractivity contribution in [3.05, 3.63) is 88.9 Å². The van der Waals surface area contributed by atoms with Crippen molar-refractivity contribution in [2.45, 2.75) is 6.92 Å². The van der Waals surface area contributed by atoms with Crippen LogP contribution in [0.25, 0.3) is 10.9 Å². The molecule has 4 aromatic rings. The Bertz CT molecular complexity index is 1360. The zero-order valence-electron chi connectivity index (χ0n) is 16.6. The molecule has 3 N–H and O–H groups in total. The van der Waals surface area contributed by atoms with Crippen LogP contribution in [0.5, 0.6) is 5.88 Å². The number of rotatable bonds is 6. The quantitative estimate of drug-likeness (QED) is 0.338. The van der Waals surface area contributed by atoms with Gasteiger partial charge in [-0.2, -0.15) is 0 Å². The Morgan fingerprint density at radius 1 is 1.06 bits per heavy atom. The van der Waals surface area contributed by atoms with Crippen molar-refractivity contribution in [3.63, 3.8) is 0 Å². The number of hydrogen-bond donors (Lipinski definition) is 3. The van der Waals surface area contributed by atoms with Gasteiger partial charge in [0.25, 0.3) is 0 Å². The molecular weight excluding hydrogens is 434 g/mol. The van der Waals surface area contributed by atoms with Crippen LogP contribution in [-0.2, 0) is 10.0 Å². The summed E-state index contributed by atoms with van der Waals surface area (Å²) in [7, 11) is -3.44. The number of aromatic amines is 1. The van der Waals surface area contributed by atoms with E-state index in [1.54, 1.807) is 49.4 Å². The third-order valence-corrected chi connectivity index (χ3v) is 6.34. The lowest BCUT2D eigenvalue weighted by Gasteiger charge is -2.09. The number of sulfonamides is 1. The fraction of sp³-hybridized carbons (Fsp3) is 0.0870. The third-order valence-electron chi connectivity index (χ3n) is 4.78. The number of anilines is 1. The Morgan fingerprint density at radius 3 is 2.45 bits per heavy atom. The first-order valence-corrected chi connectivity index (χ1v) is 11.6. The molecule has 4 rings (SSSR count). The van der Waals surface area contributed by atoms with E-state index in [-0.39, 0.29) is 11.6 Å². The van der Waals surface area contributed by atoms with E-state index in [1.165, 1.54) is 0 Å². The number of halogens is 1. The summed E-state index contributed by atoms with van der Waals surface area (Å²) in [4.78, 5) is 7.74. The van der Waals surface area contributed by atoms with Gasteiger partial charge in [-0.1, -0.05) is 41.9 Å². The molecule has 8 heteroatoms. The van der Waals surface area contributed by atoms with Gasteiger partial charge in [-0.3, -0.25) is 4.72 Å². The monoisotopic (exact) mass is 453 g/mol. The average Bonchev–Trinajstić information content (AvgIpc) is 3.08. The number of fused-ring (bicyclic) bond motifs is 1. The number of hydrogen-bond acceptors (Lipinski definition) is 4. The summed E-state index contributed by atoms with van der Waals surface area (Å²) in [6.45, 7) is 1.57. The summed E-state index contributed by atoms with van der Waals surface area (Å²) in [5, 5.41) is 12.0. The highest BCUT2D eigenvalue weighted by Gasteiger charge is 2.19. The van der Waals surface area contributed by atoms with E-state index in [1.807, 2.05) is 30.3 Å². The van der Waals surface area contributed by atoms with Crippen molar-refractivity contribution in [2.24, 2.45) is 4.99 Å². The van der Waals surface area contributed by atoms with Gasteiger partial charge in [0.05, 0.1) is 22.7 Å². The lowest BCUT2D eigenvalue weighted by Crippen LogP contribution is -2.14. The van der Waals surface area contributed by atoms with Crippen LogP contribution in [0.3, 0.4) is 0 Å². The average molecular weight is 454 g/mol. The number of aromatic nitrogens is 1. The molecule has 0 aliphatic heterocycles. The van der Waals surface area contributed by atoms with E-state index in [4.69, 9.17) is 16.6 Å². The largest absolute Gasteiger partial charge is 0.494 e. The van der Waals surface area contributed by atoms with E-state index in [2.05, 4.69) is 9.71 Å². The molecule has 0 atom stereocenters. The molecule has 3 aromatic carbocycles. The molecule has 31 heavy (non-hydrogen) atoms. The minimum absolute atomic E-state index is 0.0381. The standard InChI is InChI=1S/C23H20ClN3O3S/c1-2-31(29,30)27-18-12-13-20-19(14-18)21(23(28)26-20)22(15-6-4-3-5-7-15)25-17-10-8-16(24)9-11-17/h3-14,26-28H,2H2,1H3. The molecule has 158 valence electrons. The Hall–Kier alpha value is -3.29. The van der Waals surface area contributed by atoms with Crippen molar-refractivity contribution in [1.82, 2.24) is 4.98 Å². The van der Waals surface area contributed by atoms with Crippen molar-refractivity contribution in [1.29, 1.82) is 0 Å². The smallest absolute Gasteiger partial charge is 0.232 e. The van der Waals surface area contributed by atoms with Gasteiger partial charge in [0.15, 0.2) is 5.88 Å². The van der Waals surface area contributed by atoms with Gasteiger partial charge in [-0.05, 0) is 49.4 Å². The first-order chi connectivity index (χ1) is 14.9. The number of H-pyrrole nitrogens is 1. The Morgan fingerprint density at radius 2 is 1.77 bits per heavy atom. The zero-order chi connectivity index (χ0) is 22.0. The van der Waals surface area contributed by atoms with E-state index in [0.29, 0.717) is 38.6 Å². The molecule has 1 aromatic heterocycles. The van der Waals surface area contributed by atoms with Crippen molar-refractivity contribution < 1.29 is 13.5 Å². The number of nitrogens with one attached hydrogen (secondary N) is 2. The maximum Gasteiger partial charge on any atom is 0.232 e. The van der Waals surface area contributed by atoms with Gasteiger partial charge in [-0.25, -0.2) is 13.4 Å². The van der Waals surface area contributed by atoms with Gasteiger partial charge in [-0.15, -0.1) is 0 Å². The highest BCUT2D eigenvalue weighted by atomic mass is 35.5. The summed E-state index contributed by atoms with van der Waals surface area (Å²) in [6, 6.07) is 21.6. The van der Waals surface area contributed by atoms with Crippen LogP contribution in [0.1, 0.15) is 18.1 Å². The van der Waals surface area contributed by atoms with Crippen LogP contribution in [0.2, 0.25) is 5.02 Å². The van der Waals surface area contributed by atoms with E-state index in [0.717, 1.165) is 5.56 Å². The summed E-state index contributed by atoms with van der Waals surface area (Å²) in [5.41, 5.74) is 3.56. The number of benzene rings is 3. The van der Waals surface area contributed by atoms with Gasteiger partial charge in [0.1, 0.15) is 0 Å². The fourth-order valence-corrected chi connectivity index (χ4v) is 3.99. The highest BCUT2D eigenvalue weighted by molar-refractivity contribution is 7.92. The first kappa shape index (κ1) is 21.0. The lowest BCUT2D eigenvalue weighted by molar-refractivity contribution is 0.457. The normalized spacial score (nSPS) is 12.3. The van der Waals surface area contributed by atoms with Crippen LogP contribution < -0.4 is 4.72 Å². The third kappa shape index (κ3) is 4.57. The second-order valence-corrected chi connectivity index (χ2v) is 9.36. The summed E-state index contributed by atoms with van der Waals surface area (Å²) in [6.07, 6.45) is 0. The van der Waals surface area contributed by atoms with E-state index >= 15 is 0 Å². The van der Waals surface area contributed by atoms with Crippen LogP contribution in [0.4, 0.5) is 11.4 Å². The van der Waals surface area contributed by atoms with Crippen molar-refractivity contribution in [3.8, 4) is 5.88 Å². The molecule has 0 saturated carbocycles. The molecule has 0 saturated heterocycles. The molecule has 6 nitrogen and oxygen atoms in total. The fourth-order valence-electron chi connectivity index (χ4n) is 3.24. The van der Waals surface area contributed by atoms with Gasteiger partial charge in [0, 0.05) is 27.2 Å². The van der Waals surface area contributed by atoms with Crippen LogP contribution in [0, 0.1) is 0 Å². The molecular formula is C23H20ClN3O3S. The highest BCUT2D eigenvalue weighted by Crippen LogP contribution is 2.33. The summed E-state index contributed by atoms with van der Waals surface area (Å²) in [5.74, 6) is -0.0918. The minimum atomic E-state index is -3.44. The predicted molar refractivity (Wildman–Crippen MR) is 126 cm³/mol. The molecule has 0 amide bonds. The number of aromatic hydroxyl groups is 1. The topological polar surface area (TPSA) is 94.5 Å². The molecule has 0 unspecified atom stereocenters. The Kier molecular flexibility index (Phi) is 5.71. The SMILES string of the molecule is CCS(=O)(=O)Nc1ccc2[nH]c(O)c(C(=Nc3ccc(Cl)cc3)c3ccccc3)c2c1. The summed E-state index contributed by atoms with van der Waals surface area (Å²) < 4.78 is 26.6. The lowest BCUT2D eigenvalue weighted by atomic mass is 10.0. The van der Waals surface area contributed by atoms with Crippen LogP contribution >= 0.6 is 11.6 Å². The second kappa shape index (κ2) is 8.45. The van der Waals surface area contributed by atoms with Crippen LogP contribution in [0.15, 0.2) is 77.8 Å². The molecule has 0 spiro atoms. The molecule has 0 bridgehead atoms. The maximum absolute atomic E-state index is 12.0. The van der Waals surface area contributed by atoms with Crippen LogP contribution in [-0.4, -0.2) is 30.0 Å². The summed E-state index contributed by atoms with van der Waals surface area (Å²) >= 11 is 6.00. The van der Waals surface area contributed by atoms with Crippen molar-refractivity contribution in [2.75, 3.05) is 10.5 Å². The first-order valence-electron chi connectivity index (χ1n) is 9.61. The number of nitrogens with zero attached hydrogens (tertiary/aromatic N) is 1. The molecule has 0 fully saturated rings. The van der Waals surface area contributed by atoms with E-state index < -0.39 is 10.0 Å². The molecule has 0 radical (unpaired) electrons. The maximum atomic E-state index is 12.0. The second-order valence-electron chi connectivity index (χ2n) is 6.92. The van der Waals surface area contributed by atoms with Gasteiger partial charge < -0.3 is 10.1 Å². The van der Waals surface area contributed by atoms with Gasteiger partial charge in [0.2, 0.25) is 10.0 Å². The van der Waals surface area contributed by atoms with Crippen molar-refractivity contribution >= 4 is 49.6 Å². The van der Waals surface area contributed by atoms with E-state index in [9.17, 15) is 13.5 Å². The number of aliphatic imine (C=N–C) groups is 1. The Balaban J connectivity index is 1.93. The van der Waals surface area contributed by atoms with Gasteiger partial charge >= 0.3 is 0 Å². The predicted octanol–water partition coefficient (Wildman–Crippen LogP) is 5.46. The minimum Gasteiger partial charge on any atom is -0.494 e. The molecule has 1 heterocycles. The molecule has 0 aliphatic rings. The Labute approximate surface area is 185 Å².